The van der Waals surface area contributed by atoms with Gasteiger partial charge in [-0.05, 0) is 94.2 Å². The molecule has 186 valence electrons. The minimum absolute atomic E-state index is 0.210. The van der Waals surface area contributed by atoms with E-state index in [1.165, 1.54) is 50.1 Å². The molecule has 0 aromatic heterocycles. The van der Waals surface area contributed by atoms with Gasteiger partial charge in [0.25, 0.3) is 0 Å². The SMILES string of the molecule is Cc1ccc(C=NC2CC(N=Cc3ccc(C)cc3C)CC(N=Cc3ccc(C)cc3C)C2)c(C)c1. The molecule has 0 heterocycles. The van der Waals surface area contributed by atoms with Crippen LogP contribution in [0, 0.1) is 41.5 Å². The summed E-state index contributed by atoms with van der Waals surface area (Å²) in [5.41, 5.74) is 11.2. The fraction of sp³-hybridized carbons (Fsp3) is 0.364. The molecule has 0 aliphatic heterocycles. The average molecular weight is 478 g/mol. The number of aliphatic imine (C=N–C) groups is 3. The third-order valence-corrected chi connectivity index (χ3v) is 7.18. The lowest BCUT2D eigenvalue weighted by Gasteiger charge is -2.29. The highest BCUT2D eigenvalue weighted by Crippen LogP contribution is 2.27. The molecule has 1 aliphatic carbocycles. The smallest absolute Gasteiger partial charge is 0.0540 e. The fourth-order valence-electron chi connectivity index (χ4n) is 5.06. The topological polar surface area (TPSA) is 37.1 Å². The second-order valence-corrected chi connectivity index (χ2v) is 10.6. The molecule has 3 aromatic carbocycles. The minimum atomic E-state index is 0.210. The van der Waals surface area contributed by atoms with Crippen LogP contribution in [-0.2, 0) is 0 Å². The number of nitrogens with zero attached hydrogens (tertiary/aromatic N) is 3. The zero-order chi connectivity index (χ0) is 25.7. The summed E-state index contributed by atoms with van der Waals surface area (Å²) in [6.45, 7) is 12.9. The van der Waals surface area contributed by atoms with Crippen molar-refractivity contribution in [1.29, 1.82) is 0 Å². The minimum Gasteiger partial charge on any atom is -0.289 e. The van der Waals surface area contributed by atoms with Gasteiger partial charge in [0, 0.05) is 18.6 Å². The Morgan fingerprint density at radius 2 is 0.750 bits per heavy atom. The van der Waals surface area contributed by atoms with E-state index < -0.39 is 0 Å². The van der Waals surface area contributed by atoms with Crippen molar-refractivity contribution < 1.29 is 0 Å². The van der Waals surface area contributed by atoms with Gasteiger partial charge in [0.05, 0.1) is 18.1 Å². The monoisotopic (exact) mass is 477 g/mol. The maximum atomic E-state index is 5.04. The lowest BCUT2D eigenvalue weighted by molar-refractivity contribution is 0.358. The van der Waals surface area contributed by atoms with Crippen LogP contribution >= 0.6 is 0 Å². The van der Waals surface area contributed by atoms with Crippen LogP contribution in [0.5, 0.6) is 0 Å². The standard InChI is InChI=1S/C33H39N3/c1-22-7-10-28(25(4)13-22)19-34-31-16-32(35-20-29-11-8-23(2)14-26(29)5)18-33(17-31)36-21-30-12-9-24(3)15-27(30)6/h7-15,19-21,31-33H,16-18H2,1-6H3. The first kappa shape index (κ1) is 25.8. The van der Waals surface area contributed by atoms with Gasteiger partial charge < -0.3 is 0 Å². The van der Waals surface area contributed by atoms with E-state index in [1.54, 1.807) is 0 Å². The van der Waals surface area contributed by atoms with E-state index in [9.17, 15) is 0 Å². The van der Waals surface area contributed by atoms with Crippen molar-refractivity contribution in [2.75, 3.05) is 0 Å². The molecule has 3 heteroatoms. The molecule has 4 rings (SSSR count). The number of benzene rings is 3. The highest BCUT2D eigenvalue weighted by atomic mass is 14.9. The van der Waals surface area contributed by atoms with Crippen LogP contribution in [0.3, 0.4) is 0 Å². The van der Waals surface area contributed by atoms with Gasteiger partial charge in [-0.15, -0.1) is 0 Å². The first-order chi connectivity index (χ1) is 17.3. The summed E-state index contributed by atoms with van der Waals surface area (Å²) in [7, 11) is 0. The third kappa shape index (κ3) is 6.87. The molecule has 3 nitrogen and oxygen atoms in total. The Morgan fingerprint density at radius 1 is 0.472 bits per heavy atom. The molecule has 1 aliphatic rings. The van der Waals surface area contributed by atoms with Crippen molar-refractivity contribution >= 4 is 18.6 Å². The van der Waals surface area contributed by atoms with Crippen LogP contribution in [0.2, 0.25) is 0 Å². The van der Waals surface area contributed by atoms with Gasteiger partial charge in [-0.25, -0.2) is 0 Å². The largest absolute Gasteiger partial charge is 0.289 e. The van der Waals surface area contributed by atoms with Crippen molar-refractivity contribution in [3.63, 3.8) is 0 Å². The van der Waals surface area contributed by atoms with Crippen molar-refractivity contribution in [3.05, 3.63) is 105 Å². The van der Waals surface area contributed by atoms with Crippen LogP contribution in [-0.4, -0.2) is 36.8 Å². The Balaban J connectivity index is 1.55. The molecule has 3 aromatic rings. The highest BCUT2D eigenvalue weighted by molar-refractivity contribution is 5.83. The van der Waals surface area contributed by atoms with Gasteiger partial charge in [-0.2, -0.15) is 0 Å². The molecule has 0 spiro atoms. The molecule has 0 bridgehead atoms. The summed E-state index contributed by atoms with van der Waals surface area (Å²) in [4.78, 5) is 15.1. The van der Waals surface area contributed by atoms with Crippen molar-refractivity contribution in [1.82, 2.24) is 0 Å². The summed E-state index contributed by atoms with van der Waals surface area (Å²) >= 11 is 0. The van der Waals surface area contributed by atoms with Gasteiger partial charge >= 0.3 is 0 Å². The lowest BCUT2D eigenvalue weighted by atomic mass is 9.87. The van der Waals surface area contributed by atoms with Gasteiger partial charge in [0.2, 0.25) is 0 Å². The molecule has 0 amide bonds. The second kappa shape index (κ2) is 11.6. The molecular weight excluding hydrogens is 438 g/mol. The normalized spacial score (nSPS) is 20.7. The molecule has 0 unspecified atom stereocenters. The van der Waals surface area contributed by atoms with E-state index in [-0.39, 0.29) is 18.1 Å². The molecule has 1 fully saturated rings. The average Bonchev–Trinajstić information content (AvgIpc) is 2.82. The summed E-state index contributed by atoms with van der Waals surface area (Å²) in [6.07, 6.45) is 9.04. The summed E-state index contributed by atoms with van der Waals surface area (Å²) < 4.78 is 0. The Bertz CT molecular complexity index is 1130. The van der Waals surface area contributed by atoms with Crippen molar-refractivity contribution in [3.8, 4) is 0 Å². The van der Waals surface area contributed by atoms with Crippen LogP contribution in [0.15, 0.2) is 69.6 Å². The summed E-state index contributed by atoms with van der Waals surface area (Å²) in [5.74, 6) is 0. The van der Waals surface area contributed by atoms with Gasteiger partial charge in [0.15, 0.2) is 0 Å². The Labute approximate surface area is 217 Å². The van der Waals surface area contributed by atoms with Gasteiger partial charge in [-0.1, -0.05) is 71.3 Å². The number of hydrogen-bond acceptors (Lipinski definition) is 3. The van der Waals surface area contributed by atoms with Crippen LogP contribution in [0.25, 0.3) is 0 Å². The predicted octanol–water partition coefficient (Wildman–Crippen LogP) is 7.48. The molecule has 0 atom stereocenters. The Morgan fingerprint density at radius 3 is 1.00 bits per heavy atom. The van der Waals surface area contributed by atoms with E-state index in [0.717, 1.165) is 19.3 Å². The van der Waals surface area contributed by atoms with E-state index in [1.807, 2.05) is 0 Å². The molecular formula is C33H39N3. The van der Waals surface area contributed by atoms with Crippen molar-refractivity contribution in [2.45, 2.75) is 78.9 Å². The van der Waals surface area contributed by atoms with E-state index in [2.05, 4.69) is 115 Å². The van der Waals surface area contributed by atoms with Crippen molar-refractivity contribution in [2.24, 2.45) is 15.0 Å². The van der Waals surface area contributed by atoms with Gasteiger partial charge in [-0.3, -0.25) is 15.0 Å². The molecule has 1 saturated carbocycles. The maximum Gasteiger partial charge on any atom is 0.0540 e. The summed E-state index contributed by atoms with van der Waals surface area (Å²) in [5, 5.41) is 0. The van der Waals surface area contributed by atoms with Crippen LogP contribution < -0.4 is 0 Å². The molecule has 0 radical (unpaired) electrons. The molecule has 36 heavy (non-hydrogen) atoms. The van der Waals surface area contributed by atoms with Crippen LogP contribution in [0.1, 0.15) is 69.3 Å². The zero-order valence-corrected chi connectivity index (χ0v) is 22.6. The van der Waals surface area contributed by atoms with E-state index >= 15 is 0 Å². The quantitative estimate of drug-likeness (QED) is 0.330. The van der Waals surface area contributed by atoms with Crippen LogP contribution in [0.4, 0.5) is 0 Å². The number of rotatable bonds is 6. The lowest BCUT2D eigenvalue weighted by Crippen LogP contribution is -2.30. The fourth-order valence-corrected chi connectivity index (χ4v) is 5.06. The van der Waals surface area contributed by atoms with E-state index in [0.29, 0.717) is 0 Å². The van der Waals surface area contributed by atoms with E-state index in [4.69, 9.17) is 15.0 Å². The maximum absolute atomic E-state index is 5.04. The number of aryl methyl sites for hydroxylation is 6. The second-order valence-electron chi connectivity index (χ2n) is 10.6. The Hall–Kier alpha value is -3.33. The Kier molecular flexibility index (Phi) is 8.30. The molecule has 0 N–H and O–H groups in total. The highest BCUT2D eigenvalue weighted by Gasteiger charge is 2.27. The molecule has 0 saturated heterocycles. The predicted molar refractivity (Wildman–Crippen MR) is 156 cm³/mol. The number of hydrogen-bond donors (Lipinski definition) is 0. The van der Waals surface area contributed by atoms with Gasteiger partial charge in [0.1, 0.15) is 0 Å². The zero-order valence-electron chi connectivity index (χ0n) is 22.6. The summed E-state index contributed by atoms with van der Waals surface area (Å²) in [6, 6.07) is 20.3. The first-order valence-electron chi connectivity index (χ1n) is 13.1. The third-order valence-electron chi connectivity index (χ3n) is 7.18. The first-order valence-corrected chi connectivity index (χ1v) is 13.1.